The van der Waals surface area contributed by atoms with Crippen molar-refractivity contribution < 1.29 is 4.74 Å². The molecule has 1 saturated carbocycles. The van der Waals surface area contributed by atoms with Crippen LogP contribution in [0, 0.1) is 5.92 Å². The molecule has 1 aliphatic rings. The molecule has 128 valence electrons. The molecule has 0 N–H and O–H groups in total. The van der Waals surface area contributed by atoms with Gasteiger partial charge in [0, 0.05) is 6.61 Å². The molecule has 0 radical (unpaired) electrons. The van der Waals surface area contributed by atoms with Gasteiger partial charge in [-0.3, -0.25) is 0 Å². The van der Waals surface area contributed by atoms with E-state index < -0.39 is 0 Å². The lowest BCUT2D eigenvalue weighted by molar-refractivity contribution is 0.118. The first-order chi connectivity index (χ1) is 11.3. The van der Waals surface area contributed by atoms with Gasteiger partial charge in [-0.1, -0.05) is 49.8 Å². The van der Waals surface area contributed by atoms with Gasteiger partial charge < -0.3 is 4.74 Å². The Balaban J connectivity index is 1.73. The Morgan fingerprint density at radius 3 is 2.48 bits per heavy atom. The fourth-order valence-electron chi connectivity index (χ4n) is 3.61. The molecule has 0 spiro atoms. The van der Waals surface area contributed by atoms with Crippen LogP contribution in [0.15, 0.2) is 36.4 Å². The molecule has 1 aromatic rings. The normalized spacial score (nSPS) is 21.8. The molecule has 1 aromatic carbocycles. The number of benzene rings is 1. The van der Waals surface area contributed by atoms with Crippen LogP contribution in [0.25, 0.3) is 0 Å². The number of unbranched alkanes of at least 4 members (excludes halogenated alkanes) is 1. The molecule has 0 atom stereocenters. The van der Waals surface area contributed by atoms with E-state index in [2.05, 4.69) is 50.3 Å². The van der Waals surface area contributed by atoms with Crippen molar-refractivity contribution in [2.24, 2.45) is 5.92 Å². The lowest BCUT2D eigenvalue weighted by Crippen LogP contribution is -2.13. The van der Waals surface area contributed by atoms with Crippen molar-refractivity contribution >= 4 is 0 Å². The molecule has 1 nitrogen and oxygen atoms in total. The van der Waals surface area contributed by atoms with Crippen molar-refractivity contribution in [3.63, 3.8) is 0 Å². The van der Waals surface area contributed by atoms with Crippen LogP contribution >= 0.6 is 0 Å². The lowest BCUT2D eigenvalue weighted by atomic mass is 9.77. The highest BCUT2D eigenvalue weighted by molar-refractivity contribution is 5.25. The van der Waals surface area contributed by atoms with E-state index in [0.29, 0.717) is 0 Å². The molecule has 0 unspecified atom stereocenters. The Morgan fingerprint density at radius 2 is 1.83 bits per heavy atom. The van der Waals surface area contributed by atoms with E-state index in [9.17, 15) is 0 Å². The summed E-state index contributed by atoms with van der Waals surface area (Å²) in [6.45, 7) is 5.97. The zero-order valence-electron chi connectivity index (χ0n) is 15.1. The number of ether oxygens (including phenoxy) is 1. The second-order valence-electron chi connectivity index (χ2n) is 7.01. The van der Waals surface area contributed by atoms with Gasteiger partial charge >= 0.3 is 0 Å². The van der Waals surface area contributed by atoms with Gasteiger partial charge in [-0.25, -0.2) is 0 Å². The van der Waals surface area contributed by atoms with Gasteiger partial charge in [-0.15, -0.1) is 0 Å². The zero-order valence-corrected chi connectivity index (χ0v) is 15.1. The van der Waals surface area contributed by atoms with Gasteiger partial charge in [0.15, 0.2) is 0 Å². The minimum atomic E-state index is 0.762. The third-order valence-electron chi connectivity index (χ3n) is 5.19. The Morgan fingerprint density at radius 1 is 1.09 bits per heavy atom. The average Bonchev–Trinajstić information content (AvgIpc) is 2.60. The second-order valence-corrected chi connectivity index (χ2v) is 7.01. The molecule has 2 rings (SSSR count). The molecule has 0 aliphatic heterocycles. The molecule has 0 aromatic heterocycles. The predicted molar refractivity (Wildman–Crippen MR) is 99.8 cm³/mol. The first-order valence-electron chi connectivity index (χ1n) is 9.61. The second kappa shape index (κ2) is 10.6. The maximum atomic E-state index is 5.70. The number of hydrogen-bond acceptors (Lipinski definition) is 1. The Labute approximate surface area is 143 Å². The summed E-state index contributed by atoms with van der Waals surface area (Å²) in [5.41, 5.74) is 2.85. The summed E-state index contributed by atoms with van der Waals surface area (Å²) in [7, 11) is 0. The average molecular weight is 315 g/mol. The summed E-state index contributed by atoms with van der Waals surface area (Å²) in [6.07, 6.45) is 15.1. The van der Waals surface area contributed by atoms with E-state index in [0.717, 1.165) is 31.5 Å². The van der Waals surface area contributed by atoms with Crippen molar-refractivity contribution in [2.45, 2.75) is 77.7 Å². The minimum Gasteiger partial charge on any atom is -0.377 e. The molecule has 1 aliphatic carbocycles. The van der Waals surface area contributed by atoms with E-state index in [4.69, 9.17) is 4.74 Å². The molecule has 1 fully saturated rings. The largest absolute Gasteiger partial charge is 0.377 e. The lowest BCUT2D eigenvalue weighted by Gasteiger charge is -2.28. The summed E-state index contributed by atoms with van der Waals surface area (Å²) >= 11 is 0. The van der Waals surface area contributed by atoms with Crippen LogP contribution in [0.1, 0.15) is 82.3 Å². The van der Waals surface area contributed by atoms with Crippen molar-refractivity contribution in [2.75, 3.05) is 6.61 Å². The number of allylic oxidation sites excluding steroid dienone is 2. The van der Waals surface area contributed by atoms with Gasteiger partial charge in [-0.2, -0.15) is 0 Å². The highest BCUT2D eigenvalue weighted by Crippen LogP contribution is 2.37. The van der Waals surface area contributed by atoms with Crippen molar-refractivity contribution in [1.82, 2.24) is 0 Å². The highest BCUT2D eigenvalue weighted by Gasteiger charge is 2.21. The monoisotopic (exact) mass is 314 g/mol. The van der Waals surface area contributed by atoms with Crippen LogP contribution in [0.2, 0.25) is 0 Å². The summed E-state index contributed by atoms with van der Waals surface area (Å²) in [5.74, 6) is 1.73. The molecule has 0 bridgehead atoms. The van der Waals surface area contributed by atoms with Crippen LogP contribution < -0.4 is 0 Å². The minimum absolute atomic E-state index is 0.762. The number of rotatable bonds is 9. The molecule has 23 heavy (non-hydrogen) atoms. The summed E-state index contributed by atoms with van der Waals surface area (Å²) < 4.78 is 5.70. The summed E-state index contributed by atoms with van der Waals surface area (Å²) in [4.78, 5) is 0. The molecule has 1 heteroatoms. The summed E-state index contributed by atoms with van der Waals surface area (Å²) in [6, 6.07) is 9.20. The third kappa shape index (κ3) is 6.51. The molecular formula is C22H34O. The SMILES string of the molecule is CC=CCC[C@H]1CC[C@H](c2ccc(COCCCC)cc2)CC1. The Kier molecular flexibility index (Phi) is 8.46. The Hall–Kier alpha value is -1.08. The summed E-state index contributed by atoms with van der Waals surface area (Å²) in [5, 5.41) is 0. The fraction of sp³-hybridized carbons (Fsp3) is 0.636. The topological polar surface area (TPSA) is 9.23 Å². The maximum Gasteiger partial charge on any atom is 0.0716 e. The zero-order chi connectivity index (χ0) is 16.3. The smallest absolute Gasteiger partial charge is 0.0716 e. The van der Waals surface area contributed by atoms with Gasteiger partial charge in [0.05, 0.1) is 6.61 Å². The van der Waals surface area contributed by atoms with E-state index in [1.807, 2.05) is 0 Å². The van der Waals surface area contributed by atoms with E-state index >= 15 is 0 Å². The standard InChI is InChI=1S/C22H34O/c1-3-5-7-8-19-9-13-21(14-10-19)22-15-11-20(12-16-22)18-23-17-6-4-2/h3,5,11-12,15-16,19,21H,4,6-10,13-14,17-18H2,1-2H3/t19-,21-. The first-order valence-corrected chi connectivity index (χ1v) is 9.61. The molecule has 0 amide bonds. The highest BCUT2D eigenvalue weighted by atomic mass is 16.5. The fourth-order valence-corrected chi connectivity index (χ4v) is 3.61. The quantitative estimate of drug-likeness (QED) is 0.367. The van der Waals surface area contributed by atoms with Crippen LogP contribution in [-0.2, 0) is 11.3 Å². The first kappa shape index (κ1) is 18.3. The molecule has 0 saturated heterocycles. The molecular weight excluding hydrogens is 280 g/mol. The van der Waals surface area contributed by atoms with Crippen LogP contribution in [-0.4, -0.2) is 6.61 Å². The maximum absolute atomic E-state index is 5.70. The van der Waals surface area contributed by atoms with E-state index in [1.54, 1.807) is 0 Å². The van der Waals surface area contributed by atoms with E-state index in [-0.39, 0.29) is 0 Å². The molecule has 0 heterocycles. The van der Waals surface area contributed by atoms with Gasteiger partial charge in [0.25, 0.3) is 0 Å². The van der Waals surface area contributed by atoms with Crippen LogP contribution in [0.3, 0.4) is 0 Å². The van der Waals surface area contributed by atoms with Crippen molar-refractivity contribution in [1.29, 1.82) is 0 Å². The van der Waals surface area contributed by atoms with E-state index in [1.165, 1.54) is 56.1 Å². The van der Waals surface area contributed by atoms with Gasteiger partial charge in [0.2, 0.25) is 0 Å². The van der Waals surface area contributed by atoms with Gasteiger partial charge in [-0.05, 0) is 74.8 Å². The van der Waals surface area contributed by atoms with Gasteiger partial charge in [0.1, 0.15) is 0 Å². The third-order valence-corrected chi connectivity index (χ3v) is 5.19. The number of hydrogen-bond donors (Lipinski definition) is 0. The van der Waals surface area contributed by atoms with Crippen molar-refractivity contribution in [3.8, 4) is 0 Å². The Bertz CT molecular complexity index is 438. The van der Waals surface area contributed by atoms with Crippen molar-refractivity contribution in [3.05, 3.63) is 47.5 Å². The van der Waals surface area contributed by atoms with Crippen LogP contribution in [0.5, 0.6) is 0 Å². The van der Waals surface area contributed by atoms with Crippen LogP contribution in [0.4, 0.5) is 0 Å². The predicted octanol–water partition coefficient (Wildman–Crippen LogP) is 6.63.